The number of benzene rings is 1. The van der Waals surface area contributed by atoms with Crippen LogP contribution in [-0.2, 0) is 0 Å². The topological polar surface area (TPSA) is 76.2 Å². The quantitative estimate of drug-likeness (QED) is 0.821. The van der Waals surface area contributed by atoms with Gasteiger partial charge in [0, 0.05) is 5.56 Å². The number of carbonyl (C=O) groups is 1. The van der Waals surface area contributed by atoms with Crippen molar-refractivity contribution in [3.63, 3.8) is 0 Å². The molecule has 0 fully saturated rings. The van der Waals surface area contributed by atoms with Gasteiger partial charge in [0.25, 0.3) is 0 Å². The predicted octanol–water partition coefficient (Wildman–Crippen LogP) is 3.99. The van der Waals surface area contributed by atoms with Crippen molar-refractivity contribution in [2.75, 3.05) is 5.73 Å². The van der Waals surface area contributed by atoms with E-state index in [0.717, 1.165) is 0 Å². The number of rotatable bonds is 2. The zero-order chi connectivity index (χ0) is 14.2. The van der Waals surface area contributed by atoms with E-state index in [-0.39, 0.29) is 26.6 Å². The Bertz CT molecular complexity index is 651. The SMILES string of the molecule is Nc1nc(C(=O)O)ccc1-c1cc(Cl)c(Cl)c(Cl)c1. The molecule has 0 saturated carbocycles. The number of pyridine rings is 1. The molecule has 19 heavy (non-hydrogen) atoms. The maximum absolute atomic E-state index is 10.8. The zero-order valence-corrected chi connectivity index (χ0v) is 11.6. The highest BCUT2D eigenvalue weighted by Crippen LogP contribution is 2.36. The minimum atomic E-state index is -1.15. The van der Waals surface area contributed by atoms with Crippen LogP contribution in [0.25, 0.3) is 11.1 Å². The fraction of sp³-hybridized carbons (Fsp3) is 0. The van der Waals surface area contributed by atoms with E-state index >= 15 is 0 Å². The highest BCUT2D eigenvalue weighted by molar-refractivity contribution is 6.48. The first-order chi connectivity index (χ1) is 8.90. The van der Waals surface area contributed by atoms with Crippen LogP contribution >= 0.6 is 34.8 Å². The lowest BCUT2D eigenvalue weighted by molar-refractivity contribution is 0.0690. The smallest absolute Gasteiger partial charge is 0.354 e. The number of carboxylic acid groups (broad SMARTS) is 1. The Labute approximate surface area is 123 Å². The van der Waals surface area contributed by atoms with Crippen LogP contribution in [0, 0.1) is 0 Å². The highest BCUT2D eigenvalue weighted by atomic mass is 35.5. The largest absolute Gasteiger partial charge is 0.477 e. The molecular formula is C12H7Cl3N2O2. The summed E-state index contributed by atoms with van der Waals surface area (Å²) in [7, 11) is 0. The fourth-order valence-electron chi connectivity index (χ4n) is 1.55. The number of hydrogen-bond acceptors (Lipinski definition) is 3. The average molecular weight is 318 g/mol. The van der Waals surface area contributed by atoms with Crippen LogP contribution in [0.2, 0.25) is 15.1 Å². The third-order valence-electron chi connectivity index (χ3n) is 2.44. The van der Waals surface area contributed by atoms with Gasteiger partial charge in [-0.3, -0.25) is 0 Å². The number of hydrogen-bond donors (Lipinski definition) is 2. The van der Waals surface area contributed by atoms with Crippen molar-refractivity contribution in [2.45, 2.75) is 0 Å². The van der Waals surface area contributed by atoms with Gasteiger partial charge in [-0.2, -0.15) is 0 Å². The lowest BCUT2D eigenvalue weighted by Crippen LogP contribution is -2.04. The van der Waals surface area contributed by atoms with E-state index in [2.05, 4.69) is 4.98 Å². The van der Waals surface area contributed by atoms with Gasteiger partial charge in [-0.25, -0.2) is 9.78 Å². The Kier molecular flexibility index (Phi) is 3.85. The summed E-state index contributed by atoms with van der Waals surface area (Å²) in [5.41, 5.74) is 6.75. The van der Waals surface area contributed by atoms with Crippen LogP contribution in [0.4, 0.5) is 5.82 Å². The van der Waals surface area contributed by atoms with Crippen molar-refractivity contribution in [2.24, 2.45) is 0 Å². The van der Waals surface area contributed by atoms with Gasteiger partial charge in [-0.15, -0.1) is 0 Å². The van der Waals surface area contributed by atoms with E-state index in [4.69, 9.17) is 45.6 Å². The summed E-state index contributed by atoms with van der Waals surface area (Å²) in [6, 6.07) is 6.07. The molecular weight excluding hydrogens is 311 g/mol. The summed E-state index contributed by atoms with van der Waals surface area (Å²) in [5, 5.41) is 9.63. The van der Waals surface area contributed by atoms with Crippen LogP contribution in [0.5, 0.6) is 0 Å². The number of aromatic carboxylic acids is 1. The van der Waals surface area contributed by atoms with Crippen molar-refractivity contribution in [3.05, 3.63) is 45.0 Å². The first kappa shape index (κ1) is 13.9. The van der Waals surface area contributed by atoms with Gasteiger partial charge in [-0.1, -0.05) is 34.8 Å². The molecule has 0 bridgehead atoms. The van der Waals surface area contributed by atoms with Crippen LogP contribution in [0.1, 0.15) is 10.5 Å². The van der Waals surface area contributed by atoms with Gasteiger partial charge in [0.2, 0.25) is 0 Å². The van der Waals surface area contributed by atoms with Crippen molar-refractivity contribution in [1.82, 2.24) is 4.98 Å². The molecule has 0 aliphatic carbocycles. The first-order valence-corrected chi connectivity index (χ1v) is 6.18. The van der Waals surface area contributed by atoms with Crippen molar-refractivity contribution in [1.29, 1.82) is 0 Å². The molecule has 0 spiro atoms. The third kappa shape index (κ3) is 2.76. The predicted molar refractivity (Wildman–Crippen MR) is 76.1 cm³/mol. The minimum absolute atomic E-state index is 0.0781. The van der Waals surface area contributed by atoms with Gasteiger partial charge in [-0.05, 0) is 29.8 Å². The van der Waals surface area contributed by atoms with Crippen LogP contribution in [0.15, 0.2) is 24.3 Å². The number of nitrogens with zero attached hydrogens (tertiary/aromatic N) is 1. The molecule has 2 aromatic rings. The second-order valence-electron chi connectivity index (χ2n) is 3.69. The van der Waals surface area contributed by atoms with E-state index in [9.17, 15) is 4.79 Å². The number of halogens is 3. The molecule has 98 valence electrons. The standard InChI is InChI=1S/C12H7Cl3N2O2/c13-7-3-5(4-8(14)10(7)15)6-1-2-9(12(18)19)17-11(6)16/h1-4H,(H2,16,17)(H,18,19). The summed E-state index contributed by atoms with van der Waals surface area (Å²) >= 11 is 17.7. The second kappa shape index (κ2) is 5.25. The maximum atomic E-state index is 10.8. The third-order valence-corrected chi connectivity index (χ3v) is 3.64. The fourth-order valence-corrected chi connectivity index (χ4v) is 2.15. The molecule has 4 nitrogen and oxygen atoms in total. The Balaban J connectivity index is 2.56. The van der Waals surface area contributed by atoms with Crippen LogP contribution in [-0.4, -0.2) is 16.1 Å². The van der Waals surface area contributed by atoms with Gasteiger partial charge in [0.05, 0.1) is 15.1 Å². The molecule has 0 amide bonds. The molecule has 0 saturated heterocycles. The normalized spacial score (nSPS) is 10.5. The lowest BCUT2D eigenvalue weighted by atomic mass is 10.1. The number of aromatic nitrogens is 1. The molecule has 0 radical (unpaired) electrons. The number of anilines is 1. The summed E-state index contributed by atoms with van der Waals surface area (Å²) in [4.78, 5) is 14.6. The number of carboxylic acids is 1. The zero-order valence-electron chi connectivity index (χ0n) is 9.32. The molecule has 1 aromatic heterocycles. The van der Waals surface area contributed by atoms with Crippen molar-refractivity contribution in [3.8, 4) is 11.1 Å². The van der Waals surface area contributed by atoms with Crippen molar-refractivity contribution >= 4 is 46.6 Å². The summed E-state index contributed by atoms with van der Waals surface area (Å²) < 4.78 is 0. The van der Waals surface area contributed by atoms with Crippen molar-refractivity contribution < 1.29 is 9.90 Å². The second-order valence-corrected chi connectivity index (χ2v) is 4.88. The van der Waals surface area contributed by atoms with E-state index in [1.807, 2.05) is 0 Å². The molecule has 0 aliphatic rings. The monoisotopic (exact) mass is 316 g/mol. The van der Waals surface area contributed by atoms with Gasteiger partial charge in [0.15, 0.2) is 5.69 Å². The minimum Gasteiger partial charge on any atom is -0.477 e. The van der Waals surface area contributed by atoms with Crippen LogP contribution in [0.3, 0.4) is 0 Å². The Morgan fingerprint density at radius 3 is 2.21 bits per heavy atom. The van der Waals surface area contributed by atoms with E-state index in [0.29, 0.717) is 11.1 Å². The molecule has 7 heteroatoms. The molecule has 3 N–H and O–H groups in total. The molecule has 0 unspecified atom stereocenters. The average Bonchev–Trinajstić information content (AvgIpc) is 2.35. The number of nitrogen functional groups attached to an aromatic ring is 1. The van der Waals surface area contributed by atoms with Gasteiger partial charge < -0.3 is 10.8 Å². The maximum Gasteiger partial charge on any atom is 0.354 e. The molecule has 1 aromatic carbocycles. The van der Waals surface area contributed by atoms with Crippen LogP contribution < -0.4 is 5.73 Å². The summed E-state index contributed by atoms with van der Waals surface area (Å²) in [6.45, 7) is 0. The first-order valence-electron chi connectivity index (χ1n) is 5.05. The van der Waals surface area contributed by atoms with E-state index in [1.54, 1.807) is 18.2 Å². The molecule has 2 rings (SSSR count). The molecule has 0 atom stereocenters. The summed E-state index contributed by atoms with van der Waals surface area (Å²) in [6.07, 6.45) is 0. The van der Waals surface area contributed by atoms with Gasteiger partial charge >= 0.3 is 5.97 Å². The lowest BCUT2D eigenvalue weighted by Gasteiger charge is -2.08. The number of nitrogens with two attached hydrogens (primary N) is 1. The molecule has 1 heterocycles. The Hall–Kier alpha value is -1.49. The summed E-state index contributed by atoms with van der Waals surface area (Å²) in [5.74, 6) is -1.07. The van der Waals surface area contributed by atoms with E-state index < -0.39 is 5.97 Å². The molecule has 0 aliphatic heterocycles. The van der Waals surface area contributed by atoms with E-state index in [1.165, 1.54) is 6.07 Å². The highest BCUT2D eigenvalue weighted by Gasteiger charge is 2.12. The van der Waals surface area contributed by atoms with Gasteiger partial charge in [0.1, 0.15) is 5.82 Å². The Morgan fingerprint density at radius 2 is 1.74 bits per heavy atom. The Morgan fingerprint density at radius 1 is 1.16 bits per heavy atom.